The second-order valence-electron chi connectivity index (χ2n) is 5.46. The van der Waals surface area contributed by atoms with E-state index in [-0.39, 0.29) is 5.97 Å². The van der Waals surface area contributed by atoms with Crippen LogP contribution in [0.4, 0.5) is 0 Å². The predicted molar refractivity (Wildman–Crippen MR) is 89.5 cm³/mol. The third kappa shape index (κ3) is 3.45. The molecule has 0 fully saturated rings. The van der Waals surface area contributed by atoms with Crippen molar-refractivity contribution < 1.29 is 9.53 Å². The summed E-state index contributed by atoms with van der Waals surface area (Å²) in [5, 5.41) is 0. The highest BCUT2D eigenvalue weighted by Crippen LogP contribution is 2.36. The highest BCUT2D eigenvalue weighted by atomic mass is 16.6. The zero-order valence-corrected chi connectivity index (χ0v) is 13.2. The summed E-state index contributed by atoms with van der Waals surface area (Å²) >= 11 is 0. The van der Waals surface area contributed by atoms with Gasteiger partial charge in [0.2, 0.25) is 0 Å². The van der Waals surface area contributed by atoms with Gasteiger partial charge in [0.25, 0.3) is 0 Å². The van der Waals surface area contributed by atoms with Crippen LogP contribution in [0.15, 0.2) is 72.8 Å². The summed E-state index contributed by atoms with van der Waals surface area (Å²) in [5.41, 5.74) is 2.06. The van der Waals surface area contributed by atoms with Crippen LogP contribution in [0.2, 0.25) is 0 Å². The lowest BCUT2D eigenvalue weighted by Gasteiger charge is -2.35. The van der Waals surface area contributed by atoms with Gasteiger partial charge in [0.1, 0.15) is 0 Å². The van der Waals surface area contributed by atoms with Crippen molar-refractivity contribution >= 4 is 5.97 Å². The number of carbonyl (C=O) groups is 1. The van der Waals surface area contributed by atoms with E-state index in [1.807, 2.05) is 67.6 Å². The van der Waals surface area contributed by atoms with Crippen LogP contribution < -0.4 is 0 Å². The van der Waals surface area contributed by atoms with Crippen LogP contribution in [0, 0.1) is 0 Å². The van der Waals surface area contributed by atoms with Gasteiger partial charge in [-0.3, -0.25) is 4.79 Å². The number of carbonyl (C=O) groups excluding carboxylic acids is 1. The minimum atomic E-state index is -0.824. The van der Waals surface area contributed by atoms with E-state index in [1.165, 1.54) is 0 Å². The van der Waals surface area contributed by atoms with Crippen molar-refractivity contribution in [3.05, 3.63) is 83.9 Å². The Labute approximate surface area is 132 Å². The average molecular weight is 294 g/mol. The van der Waals surface area contributed by atoms with Crippen molar-refractivity contribution in [1.29, 1.82) is 0 Å². The van der Waals surface area contributed by atoms with Crippen molar-refractivity contribution in [2.24, 2.45) is 0 Å². The molecule has 0 unspecified atom stereocenters. The molecular formula is C20H22O2. The number of ether oxygens (including phenoxy) is 1. The second kappa shape index (κ2) is 7.08. The first kappa shape index (κ1) is 16.0. The maximum absolute atomic E-state index is 12.0. The van der Waals surface area contributed by atoms with Crippen molar-refractivity contribution in [1.82, 2.24) is 0 Å². The third-order valence-corrected chi connectivity index (χ3v) is 3.80. The standard InChI is InChI=1S/C20H22O2/c1-4-19(21)22-20(16(2)3,18-13-9-6-10-14-18)15-17-11-7-5-8-12-17/h5-14H,2,4,15H2,1,3H3/t20-/m1/s1. The molecule has 2 nitrogen and oxygen atoms in total. The van der Waals surface area contributed by atoms with Gasteiger partial charge in [0.15, 0.2) is 5.60 Å². The van der Waals surface area contributed by atoms with E-state index in [2.05, 4.69) is 6.58 Å². The fourth-order valence-electron chi connectivity index (χ4n) is 2.54. The molecule has 2 aromatic rings. The highest BCUT2D eigenvalue weighted by Gasteiger charge is 2.37. The Kier molecular flexibility index (Phi) is 5.16. The fourth-order valence-corrected chi connectivity index (χ4v) is 2.54. The minimum absolute atomic E-state index is 0.220. The summed E-state index contributed by atoms with van der Waals surface area (Å²) in [7, 11) is 0. The molecule has 0 bridgehead atoms. The normalized spacial score (nSPS) is 13.2. The van der Waals surface area contributed by atoms with Crippen LogP contribution in [-0.4, -0.2) is 5.97 Å². The van der Waals surface area contributed by atoms with Crippen LogP contribution in [-0.2, 0) is 21.6 Å². The van der Waals surface area contributed by atoms with Crippen molar-refractivity contribution in [2.45, 2.75) is 32.3 Å². The predicted octanol–water partition coefficient (Wildman–Crippen LogP) is 4.65. The SMILES string of the molecule is C=C(C)[C@@](Cc1ccccc1)(OC(=O)CC)c1ccccc1. The Morgan fingerprint density at radius 1 is 1.05 bits per heavy atom. The zero-order valence-electron chi connectivity index (χ0n) is 13.2. The van der Waals surface area contributed by atoms with Crippen LogP contribution >= 0.6 is 0 Å². The quantitative estimate of drug-likeness (QED) is 0.572. The molecule has 0 heterocycles. The van der Waals surface area contributed by atoms with Gasteiger partial charge in [0.05, 0.1) is 0 Å². The van der Waals surface area contributed by atoms with Crippen molar-refractivity contribution in [3.8, 4) is 0 Å². The topological polar surface area (TPSA) is 26.3 Å². The summed E-state index contributed by atoms with van der Waals surface area (Å²) in [5.74, 6) is -0.220. The molecule has 0 aliphatic carbocycles. The van der Waals surface area contributed by atoms with E-state index in [0.717, 1.165) is 16.7 Å². The molecule has 0 saturated carbocycles. The van der Waals surface area contributed by atoms with E-state index in [9.17, 15) is 4.79 Å². The van der Waals surface area contributed by atoms with E-state index in [1.54, 1.807) is 6.92 Å². The maximum Gasteiger partial charge on any atom is 0.306 e. The Hall–Kier alpha value is -2.35. The van der Waals surface area contributed by atoms with E-state index < -0.39 is 5.60 Å². The summed E-state index contributed by atoms with van der Waals surface area (Å²) < 4.78 is 5.90. The number of esters is 1. The van der Waals surface area contributed by atoms with Gasteiger partial charge in [-0.2, -0.15) is 0 Å². The van der Waals surface area contributed by atoms with Crippen molar-refractivity contribution in [2.75, 3.05) is 0 Å². The first-order valence-electron chi connectivity index (χ1n) is 7.56. The zero-order chi connectivity index (χ0) is 16.0. The molecule has 0 amide bonds. The minimum Gasteiger partial charge on any atom is -0.449 e. The molecule has 0 aliphatic rings. The van der Waals surface area contributed by atoms with Crippen molar-refractivity contribution in [3.63, 3.8) is 0 Å². The molecule has 0 radical (unpaired) electrons. The van der Waals surface area contributed by atoms with E-state index in [0.29, 0.717) is 12.8 Å². The Morgan fingerprint density at radius 2 is 1.59 bits per heavy atom. The lowest BCUT2D eigenvalue weighted by molar-refractivity contribution is -0.156. The molecule has 2 aromatic carbocycles. The number of rotatable bonds is 6. The smallest absolute Gasteiger partial charge is 0.306 e. The molecule has 2 rings (SSSR count). The molecule has 0 spiro atoms. The largest absolute Gasteiger partial charge is 0.449 e. The highest BCUT2D eigenvalue weighted by molar-refractivity contribution is 5.70. The molecule has 2 heteroatoms. The first-order chi connectivity index (χ1) is 10.6. The Balaban J connectivity index is 2.50. The summed E-state index contributed by atoms with van der Waals surface area (Å²) in [6, 6.07) is 19.9. The Bertz CT molecular complexity index is 631. The van der Waals surface area contributed by atoms with Gasteiger partial charge in [0, 0.05) is 18.4 Å². The molecule has 0 N–H and O–H groups in total. The fraction of sp³-hybridized carbons (Fsp3) is 0.250. The second-order valence-corrected chi connectivity index (χ2v) is 5.46. The van der Waals surface area contributed by atoms with Gasteiger partial charge in [-0.25, -0.2) is 0 Å². The summed E-state index contributed by atoms with van der Waals surface area (Å²) in [4.78, 5) is 12.0. The molecule has 0 aliphatic heterocycles. The number of benzene rings is 2. The van der Waals surface area contributed by atoms with Crippen LogP contribution in [0.1, 0.15) is 31.4 Å². The molecule has 0 saturated heterocycles. The van der Waals surface area contributed by atoms with E-state index in [4.69, 9.17) is 4.74 Å². The van der Waals surface area contributed by atoms with Crippen LogP contribution in [0.25, 0.3) is 0 Å². The molecule has 114 valence electrons. The first-order valence-corrected chi connectivity index (χ1v) is 7.56. The number of hydrogen-bond acceptors (Lipinski definition) is 2. The summed E-state index contributed by atoms with van der Waals surface area (Å²) in [6.45, 7) is 7.83. The Morgan fingerprint density at radius 3 is 2.09 bits per heavy atom. The van der Waals surface area contributed by atoms with Gasteiger partial charge >= 0.3 is 5.97 Å². The lowest BCUT2D eigenvalue weighted by atomic mass is 9.82. The third-order valence-electron chi connectivity index (χ3n) is 3.80. The summed E-state index contributed by atoms with van der Waals surface area (Å²) in [6.07, 6.45) is 0.926. The maximum atomic E-state index is 12.0. The van der Waals surface area contributed by atoms with E-state index >= 15 is 0 Å². The lowest BCUT2D eigenvalue weighted by Crippen LogP contribution is -2.35. The van der Waals surface area contributed by atoms with Crippen LogP contribution in [0.5, 0.6) is 0 Å². The van der Waals surface area contributed by atoms with Crippen LogP contribution in [0.3, 0.4) is 0 Å². The van der Waals surface area contributed by atoms with Gasteiger partial charge in [-0.15, -0.1) is 0 Å². The molecule has 1 atom stereocenters. The molecule has 0 aromatic heterocycles. The van der Waals surface area contributed by atoms with Gasteiger partial charge < -0.3 is 4.74 Å². The average Bonchev–Trinajstić information content (AvgIpc) is 2.55. The van der Waals surface area contributed by atoms with Gasteiger partial charge in [-0.1, -0.05) is 74.2 Å². The monoisotopic (exact) mass is 294 g/mol. The molecular weight excluding hydrogens is 272 g/mol. The van der Waals surface area contributed by atoms with Gasteiger partial charge in [-0.05, 0) is 18.1 Å². The molecule has 22 heavy (non-hydrogen) atoms. The number of hydrogen-bond donors (Lipinski definition) is 0.